The van der Waals surface area contributed by atoms with Gasteiger partial charge in [0.2, 0.25) is 5.91 Å². The monoisotopic (exact) mass is 344 g/mol. The third kappa shape index (κ3) is 2.95. The first-order valence-electron chi connectivity index (χ1n) is 6.37. The van der Waals surface area contributed by atoms with Crippen LogP contribution in [0.4, 0.5) is 5.69 Å². The fourth-order valence-electron chi connectivity index (χ4n) is 2.63. The molecule has 21 heavy (non-hydrogen) atoms. The van der Waals surface area contributed by atoms with Gasteiger partial charge in [-0.15, -0.1) is 0 Å². The van der Waals surface area contributed by atoms with Crippen LogP contribution in [0.25, 0.3) is 0 Å². The van der Waals surface area contributed by atoms with Crippen molar-refractivity contribution in [3.63, 3.8) is 0 Å². The Kier molecular flexibility index (Phi) is 3.75. The topological polar surface area (TPSA) is 66.8 Å². The highest BCUT2D eigenvalue weighted by Crippen LogP contribution is 2.41. The van der Waals surface area contributed by atoms with Gasteiger partial charge >= 0.3 is 0 Å². The van der Waals surface area contributed by atoms with Gasteiger partial charge in [0.1, 0.15) is 0 Å². The summed E-state index contributed by atoms with van der Waals surface area (Å²) < 4.78 is 23.7. The molecular weight excluding hydrogens is 332 g/mol. The summed E-state index contributed by atoms with van der Waals surface area (Å²) >= 11 is 7.37. The Labute approximate surface area is 132 Å². The van der Waals surface area contributed by atoms with Crippen molar-refractivity contribution in [2.75, 3.05) is 16.4 Å². The molecule has 2 fully saturated rings. The zero-order valence-electron chi connectivity index (χ0n) is 11.2. The number of aliphatic imine (C=N–C) groups is 1. The highest BCUT2D eigenvalue weighted by molar-refractivity contribution is 8.16. The lowest BCUT2D eigenvalue weighted by molar-refractivity contribution is -0.115. The number of nitrogens with zero attached hydrogens (tertiary/aromatic N) is 2. The van der Waals surface area contributed by atoms with Crippen molar-refractivity contribution in [1.29, 1.82) is 0 Å². The van der Waals surface area contributed by atoms with Crippen LogP contribution >= 0.6 is 23.4 Å². The third-order valence-corrected chi connectivity index (χ3v) is 6.85. The molecule has 2 aliphatic heterocycles. The number of sulfone groups is 1. The molecule has 0 bridgehead atoms. The minimum atomic E-state index is -3.04. The van der Waals surface area contributed by atoms with E-state index in [4.69, 9.17) is 11.6 Å². The highest BCUT2D eigenvalue weighted by atomic mass is 35.5. The van der Waals surface area contributed by atoms with Crippen LogP contribution in [0, 0.1) is 0 Å². The number of hydrogen-bond donors (Lipinski definition) is 0. The van der Waals surface area contributed by atoms with E-state index in [1.54, 1.807) is 18.2 Å². The summed E-state index contributed by atoms with van der Waals surface area (Å²) in [6.45, 7) is 1.38. The second-order valence-electron chi connectivity index (χ2n) is 5.06. The van der Waals surface area contributed by atoms with E-state index >= 15 is 0 Å². The van der Waals surface area contributed by atoms with E-state index in [0.717, 1.165) is 5.69 Å². The van der Waals surface area contributed by atoms with Gasteiger partial charge in [0.25, 0.3) is 0 Å². The van der Waals surface area contributed by atoms with Crippen molar-refractivity contribution in [1.82, 2.24) is 0 Å². The van der Waals surface area contributed by atoms with Crippen molar-refractivity contribution < 1.29 is 13.2 Å². The largest absolute Gasteiger partial charge is 0.316 e. The van der Waals surface area contributed by atoms with Gasteiger partial charge in [-0.3, -0.25) is 4.79 Å². The van der Waals surface area contributed by atoms with E-state index in [1.807, 2.05) is 11.0 Å². The molecule has 2 heterocycles. The standard InChI is InChI=1S/C13H13ClN2O3S2/c1-8(17)15-13-16(10-4-2-3-9(14)5-10)11-6-21(18,19)7-12(11)20-13/h2-5,11-12H,6-7H2,1H3/t11-,12-/m0/s1. The smallest absolute Gasteiger partial charge is 0.244 e. The first kappa shape index (κ1) is 14.9. The summed E-state index contributed by atoms with van der Waals surface area (Å²) in [6.07, 6.45) is 0. The van der Waals surface area contributed by atoms with Crippen molar-refractivity contribution in [2.45, 2.75) is 18.2 Å². The van der Waals surface area contributed by atoms with E-state index in [2.05, 4.69) is 4.99 Å². The molecule has 0 saturated carbocycles. The Morgan fingerprint density at radius 3 is 2.86 bits per heavy atom. The molecule has 2 atom stereocenters. The maximum absolute atomic E-state index is 11.8. The van der Waals surface area contributed by atoms with E-state index in [-0.39, 0.29) is 28.7 Å². The summed E-state index contributed by atoms with van der Waals surface area (Å²) in [4.78, 5) is 17.2. The number of amidine groups is 1. The number of carbonyl (C=O) groups is 1. The molecule has 0 aromatic heterocycles. The summed E-state index contributed by atoms with van der Waals surface area (Å²) in [7, 11) is -3.04. The lowest BCUT2D eigenvalue weighted by Gasteiger charge is -2.24. The molecule has 1 aromatic rings. The molecule has 1 amide bonds. The number of halogens is 1. The molecule has 5 nitrogen and oxygen atoms in total. The number of benzene rings is 1. The molecule has 112 valence electrons. The average molecular weight is 345 g/mol. The van der Waals surface area contributed by atoms with Crippen LogP contribution in [0.1, 0.15) is 6.92 Å². The molecule has 8 heteroatoms. The number of thioether (sulfide) groups is 1. The van der Waals surface area contributed by atoms with Crippen LogP contribution in [0.15, 0.2) is 29.3 Å². The maximum Gasteiger partial charge on any atom is 0.244 e. The molecule has 2 aliphatic rings. The van der Waals surface area contributed by atoms with Crippen LogP contribution in [-0.4, -0.2) is 42.3 Å². The zero-order valence-corrected chi connectivity index (χ0v) is 13.6. The quantitative estimate of drug-likeness (QED) is 0.779. The van der Waals surface area contributed by atoms with E-state index in [1.165, 1.54) is 18.7 Å². The third-order valence-electron chi connectivity index (χ3n) is 3.41. The second-order valence-corrected chi connectivity index (χ2v) is 8.86. The van der Waals surface area contributed by atoms with Crippen molar-refractivity contribution in [2.24, 2.45) is 4.99 Å². The summed E-state index contributed by atoms with van der Waals surface area (Å²) in [5.41, 5.74) is 0.764. The average Bonchev–Trinajstić information content (AvgIpc) is 2.79. The van der Waals surface area contributed by atoms with Crippen molar-refractivity contribution >= 4 is 50.0 Å². The van der Waals surface area contributed by atoms with Crippen LogP contribution in [0.2, 0.25) is 5.02 Å². The number of carbonyl (C=O) groups excluding carboxylic acids is 1. The molecule has 1 aromatic carbocycles. The van der Waals surface area contributed by atoms with Gasteiger partial charge in [-0.2, -0.15) is 4.99 Å². The Morgan fingerprint density at radius 1 is 1.43 bits per heavy atom. The van der Waals surface area contributed by atoms with Crippen LogP contribution in [-0.2, 0) is 14.6 Å². The Bertz CT molecular complexity index is 733. The zero-order chi connectivity index (χ0) is 15.2. The molecule has 0 unspecified atom stereocenters. The molecule has 3 rings (SSSR count). The molecule has 0 spiro atoms. The van der Waals surface area contributed by atoms with Gasteiger partial charge in [-0.1, -0.05) is 29.4 Å². The fraction of sp³-hybridized carbons (Fsp3) is 0.385. The number of hydrogen-bond acceptors (Lipinski definition) is 4. The minimum Gasteiger partial charge on any atom is -0.316 e. The number of fused-ring (bicyclic) bond motifs is 1. The number of rotatable bonds is 1. The summed E-state index contributed by atoms with van der Waals surface area (Å²) in [6, 6.07) is 6.95. The normalized spacial score (nSPS) is 28.9. The van der Waals surface area contributed by atoms with Crippen molar-refractivity contribution in [3.8, 4) is 0 Å². The molecular formula is C13H13ClN2O3S2. The van der Waals surface area contributed by atoms with Gasteiger partial charge in [-0.05, 0) is 18.2 Å². The number of amides is 1. The lowest BCUT2D eigenvalue weighted by atomic mass is 10.2. The lowest BCUT2D eigenvalue weighted by Crippen LogP contribution is -2.37. The Hall–Kier alpha value is -1.05. The van der Waals surface area contributed by atoms with Gasteiger partial charge in [-0.25, -0.2) is 8.42 Å². The molecule has 0 radical (unpaired) electrons. The highest BCUT2D eigenvalue weighted by Gasteiger charge is 2.49. The molecule has 2 saturated heterocycles. The Balaban J connectivity index is 2.05. The summed E-state index contributed by atoms with van der Waals surface area (Å²) in [5.74, 6) is -0.0999. The second kappa shape index (κ2) is 5.30. The van der Waals surface area contributed by atoms with Gasteiger partial charge in [0.05, 0.1) is 17.5 Å². The SMILES string of the molecule is CC(=O)N=C1S[C@H]2CS(=O)(=O)C[C@@H]2N1c1cccc(Cl)c1. The Morgan fingerprint density at radius 2 is 2.19 bits per heavy atom. The van der Waals surface area contributed by atoms with Gasteiger partial charge in [0, 0.05) is 22.9 Å². The van der Waals surface area contributed by atoms with E-state index in [9.17, 15) is 13.2 Å². The van der Waals surface area contributed by atoms with Crippen molar-refractivity contribution in [3.05, 3.63) is 29.3 Å². The minimum absolute atomic E-state index is 0.0775. The predicted octanol–water partition coefficient (Wildman–Crippen LogP) is 1.96. The van der Waals surface area contributed by atoms with E-state index in [0.29, 0.717) is 10.2 Å². The molecule has 0 N–H and O–H groups in total. The van der Waals surface area contributed by atoms with Gasteiger partial charge in [0.15, 0.2) is 15.0 Å². The van der Waals surface area contributed by atoms with Crippen LogP contribution in [0.3, 0.4) is 0 Å². The first-order valence-corrected chi connectivity index (χ1v) is 9.45. The number of anilines is 1. The summed E-state index contributed by atoms with van der Waals surface area (Å²) in [5, 5.41) is 1.02. The van der Waals surface area contributed by atoms with E-state index < -0.39 is 9.84 Å². The van der Waals surface area contributed by atoms with Crippen LogP contribution in [0.5, 0.6) is 0 Å². The fourth-order valence-corrected chi connectivity index (χ4v) is 6.77. The molecule has 0 aliphatic carbocycles. The predicted molar refractivity (Wildman–Crippen MR) is 85.9 cm³/mol. The van der Waals surface area contributed by atoms with Crippen LogP contribution < -0.4 is 4.90 Å². The maximum atomic E-state index is 11.8. The first-order chi connectivity index (χ1) is 9.85. The van der Waals surface area contributed by atoms with Gasteiger partial charge < -0.3 is 4.90 Å².